The van der Waals surface area contributed by atoms with Gasteiger partial charge in [-0.1, -0.05) is 48.0 Å². The van der Waals surface area contributed by atoms with Crippen LogP contribution < -0.4 is 5.32 Å². The fraction of sp³-hybridized carbons (Fsp3) is 0.143. The summed E-state index contributed by atoms with van der Waals surface area (Å²) in [7, 11) is -3.75. The number of pyridine rings is 1. The van der Waals surface area contributed by atoms with Gasteiger partial charge in [-0.2, -0.15) is 0 Å². The third-order valence-electron chi connectivity index (χ3n) is 4.27. The standard InChI is InChI=1S/C21H19ClN2O3S/c22-18-8-10-19(11-9-18)28(26,27)20(17-7-4-12-23-14-17)15-24-21(25)13-16-5-2-1-3-6-16/h1-12,14,20H,13,15H2,(H,24,25)/t20-/m0/s1. The number of hydrogen-bond acceptors (Lipinski definition) is 4. The number of sulfone groups is 1. The molecule has 0 fully saturated rings. The van der Waals surface area contributed by atoms with E-state index in [1.54, 1.807) is 18.3 Å². The van der Waals surface area contributed by atoms with Gasteiger partial charge in [-0.05, 0) is 41.5 Å². The van der Waals surface area contributed by atoms with Gasteiger partial charge in [-0.25, -0.2) is 8.42 Å². The van der Waals surface area contributed by atoms with E-state index in [9.17, 15) is 13.2 Å². The number of carbonyl (C=O) groups is 1. The van der Waals surface area contributed by atoms with E-state index in [0.29, 0.717) is 10.6 Å². The van der Waals surface area contributed by atoms with Crippen molar-refractivity contribution in [1.29, 1.82) is 0 Å². The maximum Gasteiger partial charge on any atom is 0.224 e. The Hall–Kier alpha value is -2.70. The molecule has 28 heavy (non-hydrogen) atoms. The second-order valence-corrected chi connectivity index (χ2v) is 8.81. The van der Waals surface area contributed by atoms with Crippen LogP contribution in [0.25, 0.3) is 0 Å². The lowest BCUT2D eigenvalue weighted by Crippen LogP contribution is -2.33. The molecule has 5 nitrogen and oxygen atoms in total. The van der Waals surface area contributed by atoms with Crippen molar-refractivity contribution >= 4 is 27.3 Å². The van der Waals surface area contributed by atoms with Crippen LogP contribution in [0, 0.1) is 0 Å². The zero-order chi connectivity index (χ0) is 20.0. The molecule has 0 saturated carbocycles. The zero-order valence-corrected chi connectivity index (χ0v) is 16.5. The number of aromatic nitrogens is 1. The lowest BCUT2D eigenvalue weighted by atomic mass is 10.1. The van der Waals surface area contributed by atoms with E-state index in [4.69, 9.17) is 11.6 Å². The Morgan fingerprint density at radius 1 is 1.00 bits per heavy atom. The van der Waals surface area contributed by atoms with Crippen LogP contribution in [0.15, 0.2) is 84.0 Å². The first-order valence-electron chi connectivity index (χ1n) is 8.67. The molecule has 0 bridgehead atoms. The third kappa shape index (κ3) is 4.97. The predicted molar refractivity (Wildman–Crippen MR) is 109 cm³/mol. The molecule has 1 amide bonds. The van der Waals surface area contributed by atoms with Gasteiger partial charge in [0.25, 0.3) is 0 Å². The number of carbonyl (C=O) groups excluding carboxylic acids is 1. The summed E-state index contributed by atoms with van der Waals surface area (Å²) in [5, 5.41) is 2.24. The summed E-state index contributed by atoms with van der Waals surface area (Å²) in [6, 6.07) is 18.6. The van der Waals surface area contributed by atoms with Gasteiger partial charge < -0.3 is 5.32 Å². The van der Waals surface area contributed by atoms with Crippen LogP contribution in [-0.2, 0) is 21.1 Å². The molecule has 2 aromatic carbocycles. The minimum absolute atomic E-state index is 0.0533. The quantitative estimate of drug-likeness (QED) is 0.640. The summed E-state index contributed by atoms with van der Waals surface area (Å²) in [6.07, 6.45) is 3.26. The first-order chi connectivity index (χ1) is 13.5. The van der Waals surface area contributed by atoms with Gasteiger partial charge in [0, 0.05) is 24.0 Å². The predicted octanol–water partition coefficient (Wildman–Crippen LogP) is 3.61. The van der Waals surface area contributed by atoms with Crippen molar-refractivity contribution in [2.45, 2.75) is 16.6 Å². The summed E-state index contributed by atoms with van der Waals surface area (Å²) in [5.41, 5.74) is 1.37. The minimum atomic E-state index is -3.75. The Morgan fingerprint density at radius 2 is 1.71 bits per heavy atom. The van der Waals surface area contributed by atoms with Gasteiger partial charge in [0.1, 0.15) is 5.25 Å². The largest absolute Gasteiger partial charge is 0.354 e. The van der Waals surface area contributed by atoms with Gasteiger partial charge in [-0.3, -0.25) is 9.78 Å². The summed E-state index contributed by atoms with van der Waals surface area (Å²) in [5.74, 6) is -0.244. The average molecular weight is 415 g/mol. The summed E-state index contributed by atoms with van der Waals surface area (Å²) < 4.78 is 26.4. The number of amides is 1. The molecule has 0 unspecified atom stereocenters. The molecule has 0 radical (unpaired) electrons. The van der Waals surface area contributed by atoms with Crippen LogP contribution in [0.1, 0.15) is 16.4 Å². The first kappa shape index (κ1) is 20.0. The fourth-order valence-electron chi connectivity index (χ4n) is 2.81. The second-order valence-electron chi connectivity index (χ2n) is 6.24. The molecule has 1 aromatic heterocycles. The molecule has 0 aliphatic carbocycles. The first-order valence-corrected chi connectivity index (χ1v) is 10.6. The van der Waals surface area contributed by atoms with Crippen molar-refractivity contribution in [3.8, 4) is 0 Å². The number of hydrogen-bond donors (Lipinski definition) is 1. The normalized spacial score (nSPS) is 12.3. The van der Waals surface area contributed by atoms with Crippen LogP contribution in [-0.4, -0.2) is 25.9 Å². The highest BCUT2D eigenvalue weighted by atomic mass is 35.5. The lowest BCUT2D eigenvalue weighted by Gasteiger charge is -2.19. The fourth-order valence-corrected chi connectivity index (χ4v) is 4.58. The van der Waals surface area contributed by atoms with E-state index < -0.39 is 15.1 Å². The van der Waals surface area contributed by atoms with Gasteiger partial charge in [-0.15, -0.1) is 0 Å². The Kier molecular flexibility index (Phi) is 6.44. The van der Waals surface area contributed by atoms with E-state index in [0.717, 1.165) is 5.56 Å². The molecule has 1 N–H and O–H groups in total. The molecule has 0 spiro atoms. The average Bonchev–Trinajstić information content (AvgIpc) is 2.70. The highest BCUT2D eigenvalue weighted by molar-refractivity contribution is 7.91. The Bertz CT molecular complexity index is 1020. The number of nitrogens with one attached hydrogen (secondary N) is 1. The highest BCUT2D eigenvalue weighted by Gasteiger charge is 2.29. The van der Waals surface area contributed by atoms with Crippen molar-refractivity contribution in [3.63, 3.8) is 0 Å². The van der Waals surface area contributed by atoms with Crippen molar-refractivity contribution in [3.05, 3.63) is 95.3 Å². The van der Waals surface area contributed by atoms with Crippen LogP contribution in [0.4, 0.5) is 0 Å². The molecule has 1 atom stereocenters. The smallest absolute Gasteiger partial charge is 0.224 e. The molecular formula is C21H19ClN2O3S. The van der Waals surface area contributed by atoms with Crippen molar-refractivity contribution in [2.24, 2.45) is 0 Å². The molecule has 1 heterocycles. The van der Waals surface area contributed by atoms with Gasteiger partial charge in [0.2, 0.25) is 5.91 Å². The van der Waals surface area contributed by atoms with Crippen LogP contribution in [0.3, 0.4) is 0 Å². The van der Waals surface area contributed by atoms with Crippen molar-refractivity contribution in [1.82, 2.24) is 10.3 Å². The molecule has 0 aliphatic rings. The molecule has 3 rings (SSSR count). The van der Waals surface area contributed by atoms with Crippen molar-refractivity contribution in [2.75, 3.05) is 6.54 Å². The van der Waals surface area contributed by atoms with E-state index in [1.165, 1.54) is 30.5 Å². The number of rotatable bonds is 7. The van der Waals surface area contributed by atoms with Crippen LogP contribution in [0.2, 0.25) is 5.02 Å². The van der Waals surface area contributed by atoms with Gasteiger partial charge in [0.15, 0.2) is 9.84 Å². The molecular weight excluding hydrogens is 396 g/mol. The summed E-state index contributed by atoms with van der Waals surface area (Å²) >= 11 is 5.88. The molecule has 144 valence electrons. The van der Waals surface area contributed by atoms with E-state index in [2.05, 4.69) is 10.3 Å². The zero-order valence-electron chi connectivity index (χ0n) is 15.0. The molecule has 0 saturated heterocycles. The Morgan fingerprint density at radius 3 is 2.36 bits per heavy atom. The monoisotopic (exact) mass is 414 g/mol. The van der Waals surface area contributed by atoms with Gasteiger partial charge in [0.05, 0.1) is 11.3 Å². The SMILES string of the molecule is O=C(Cc1ccccc1)NC[C@@H](c1cccnc1)S(=O)(=O)c1ccc(Cl)cc1. The number of nitrogens with zero attached hydrogens (tertiary/aromatic N) is 1. The lowest BCUT2D eigenvalue weighted by molar-refractivity contribution is -0.120. The molecule has 3 aromatic rings. The van der Waals surface area contributed by atoms with Gasteiger partial charge >= 0.3 is 0 Å². The van der Waals surface area contributed by atoms with E-state index in [-0.39, 0.29) is 23.8 Å². The third-order valence-corrected chi connectivity index (χ3v) is 6.63. The maximum atomic E-state index is 13.2. The van der Waals surface area contributed by atoms with Crippen molar-refractivity contribution < 1.29 is 13.2 Å². The van der Waals surface area contributed by atoms with E-state index >= 15 is 0 Å². The molecule has 7 heteroatoms. The van der Waals surface area contributed by atoms with Crippen LogP contribution >= 0.6 is 11.6 Å². The maximum absolute atomic E-state index is 13.2. The number of benzene rings is 2. The highest BCUT2D eigenvalue weighted by Crippen LogP contribution is 2.28. The molecule has 0 aliphatic heterocycles. The number of halogens is 1. The Balaban J connectivity index is 1.82. The Labute approximate surface area is 169 Å². The topological polar surface area (TPSA) is 76.1 Å². The second kappa shape index (κ2) is 8.99. The minimum Gasteiger partial charge on any atom is -0.354 e. The van der Waals surface area contributed by atoms with Crippen LogP contribution in [0.5, 0.6) is 0 Å². The summed E-state index contributed by atoms with van der Waals surface area (Å²) in [4.78, 5) is 16.5. The van der Waals surface area contributed by atoms with E-state index in [1.807, 2.05) is 30.3 Å². The summed E-state index contributed by atoms with van der Waals surface area (Å²) in [6.45, 7) is -0.0533.